The summed E-state index contributed by atoms with van der Waals surface area (Å²) < 4.78 is 45.4. The molecule has 8 heteroatoms. The lowest BCUT2D eigenvalue weighted by atomic mass is 10.1. The molecule has 3 rings (SSSR count). The molecule has 0 spiro atoms. The minimum absolute atomic E-state index is 0.0515. The van der Waals surface area contributed by atoms with Gasteiger partial charge in [0.25, 0.3) is 5.91 Å². The standard InChI is InChI=1S/C21H25FN2O4S/c1-16(2)15-28-19-7-3-17(4-8-19)21(25)23-11-13-24(14-12-23)29(26,27)20-9-5-18(22)6-10-20/h3-10,16H,11-15H2,1-2H3. The van der Waals surface area contributed by atoms with Crippen LogP contribution < -0.4 is 4.74 Å². The van der Waals surface area contributed by atoms with Crippen LogP contribution in [0.4, 0.5) is 4.39 Å². The lowest BCUT2D eigenvalue weighted by molar-refractivity contribution is 0.0698. The molecule has 6 nitrogen and oxygen atoms in total. The predicted octanol–water partition coefficient (Wildman–Crippen LogP) is 3.01. The maximum atomic E-state index is 13.1. The molecule has 0 aliphatic carbocycles. The summed E-state index contributed by atoms with van der Waals surface area (Å²) in [4.78, 5) is 14.4. The van der Waals surface area contributed by atoms with E-state index < -0.39 is 15.8 Å². The van der Waals surface area contributed by atoms with Crippen molar-refractivity contribution in [2.45, 2.75) is 18.7 Å². The first-order valence-corrected chi connectivity index (χ1v) is 11.0. The van der Waals surface area contributed by atoms with Gasteiger partial charge in [-0.25, -0.2) is 12.8 Å². The average molecular weight is 421 g/mol. The third-order valence-electron chi connectivity index (χ3n) is 4.66. The molecule has 0 saturated carbocycles. The summed E-state index contributed by atoms with van der Waals surface area (Å²) in [6.45, 7) is 5.72. The zero-order valence-corrected chi connectivity index (χ0v) is 17.4. The van der Waals surface area contributed by atoms with Crippen molar-refractivity contribution >= 4 is 15.9 Å². The molecule has 156 valence electrons. The van der Waals surface area contributed by atoms with E-state index in [1.165, 1.54) is 16.4 Å². The van der Waals surface area contributed by atoms with Crippen LogP contribution in [0.2, 0.25) is 0 Å². The summed E-state index contributed by atoms with van der Waals surface area (Å²) in [6, 6.07) is 11.7. The Morgan fingerprint density at radius 1 is 1.00 bits per heavy atom. The number of hydrogen-bond acceptors (Lipinski definition) is 4. The number of rotatable bonds is 6. The minimum atomic E-state index is -3.70. The van der Waals surface area contributed by atoms with Gasteiger partial charge in [-0.05, 0) is 54.4 Å². The van der Waals surface area contributed by atoms with Crippen LogP contribution in [0.3, 0.4) is 0 Å². The number of benzene rings is 2. The van der Waals surface area contributed by atoms with Crippen molar-refractivity contribution in [1.29, 1.82) is 0 Å². The van der Waals surface area contributed by atoms with E-state index in [1.807, 2.05) is 0 Å². The second kappa shape index (κ2) is 8.92. The van der Waals surface area contributed by atoms with Gasteiger partial charge in [-0.15, -0.1) is 0 Å². The van der Waals surface area contributed by atoms with Gasteiger partial charge < -0.3 is 9.64 Å². The molecule has 29 heavy (non-hydrogen) atoms. The lowest BCUT2D eigenvalue weighted by Gasteiger charge is -2.34. The monoisotopic (exact) mass is 420 g/mol. The van der Waals surface area contributed by atoms with E-state index in [0.29, 0.717) is 36.9 Å². The molecule has 1 saturated heterocycles. The van der Waals surface area contributed by atoms with Crippen molar-refractivity contribution in [1.82, 2.24) is 9.21 Å². The maximum absolute atomic E-state index is 13.1. The van der Waals surface area contributed by atoms with Gasteiger partial charge in [0.1, 0.15) is 11.6 Å². The molecule has 1 aliphatic rings. The number of piperazine rings is 1. The second-order valence-corrected chi connectivity index (χ2v) is 9.32. The Hall–Kier alpha value is -2.45. The van der Waals surface area contributed by atoms with Gasteiger partial charge in [-0.3, -0.25) is 4.79 Å². The van der Waals surface area contributed by atoms with E-state index in [9.17, 15) is 17.6 Å². The SMILES string of the molecule is CC(C)COc1ccc(C(=O)N2CCN(S(=O)(=O)c3ccc(F)cc3)CC2)cc1. The normalized spacial score (nSPS) is 15.5. The third-order valence-corrected chi connectivity index (χ3v) is 6.57. The molecule has 0 aromatic heterocycles. The molecule has 0 radical (unpaired) electrons. The van der Waals surface area contributed by atoms with E-state index in [1.54, 1.807) is 29.2 Å². The van der Waals surface area contributed by atoms with Gasteiger partial charge in [-0.2, -0.15) is 4.31 Å². The van der Waals surface area contributed by atoms with Crippen LogP contribution in [0.25, 0.3) is 0 Å². The Bertz CT molecular complexity index is 936. The first-order chi connectivity index (χ1) is 13.8. The van der Waals surface area contributed by atoms with E-state index in [4.69, 9.17) is 4.74 Å². The van der Waals surface area contributed by atoms with Gasteiger partial charge in [0.05, 0.1) is 11.5 Å². The Morgan fingerprint density at radius 2 is 1.59 bits per heavy atom. The van der Waals surface area contributed by atoms with Crippen molar-refractivity contribution in [3.8, 4) is 5.75 Å². The highest BCUT2D eigenvalue weighted by molar-refractivity contribution is 7.89. The molecule has 1 amide bonds. The molecule has 1 aliphatic heterocycles. The number of hydrogen-bond donors (Lipinski definition) is 0. The number of sulfonamides is 1. The summed E-state index contributed by atoms with van der Waals surface area (Å²) >= 11 is 0. The second-order valence-electron chi connectivity index (χ2n) is 7.38. The highest BCUT2D eigenvalue weighted by Gasteiger charge is 2.30. The average Bonchev–Trinajstić information content (AvgIpc) is 2.72. The van der Waals surface area contributed by atoms with Crippen molar-refractivity contribution in [2.75, 3.05) is 32.8 Å². The molecule has 2 aromatic carbocycles. The van der Waals surface area contributed by atoms with Crippen LogP contribution in [0, 0.1) is 11.7 Å². The summed E-state index contributed by atoms with van der Waals surface area (Å²) in [7, 11) is -3.70. The molecule has 2 aromatic rings. The van der Waals surface area contributed by atoms with Crippen LogP contribution in [-0.4, -0.2) is 56.3 Å². The summed E-state index contributed by atoms with van der Waals surface area (Å²) in [5.41, 5.74) is 0.539. The highest BCUT2D eigenvalue weighted by Crippen LogP contribution is 2.20. The van der Waals surface area contributed by atoms with Crippen molar-refractivity contribution in [3.05, 3.63) is 59.9 Å². The molecule has 1 fully saturated rings. The van der Waals surface area contributed by atoms with Gasteiger partial charge in [0, 0.05) is 31.7 Å². The highest BCUT2D eigenvalue weighted by atomic mass is 32.2. The molecule has 0 bridgehead atoms. The zero-order chi connectivity index (χ0) is 21.0. The van der Waals surface area contributed by atoms with Crippen LogP contribution in [0.1, 0.15) is 24.2 Å². The number of ether oxygens (including phenoxy) is 1. The quantitative estimate of drug-likeness (QED) is 0.721. The number of carbonyl (C=O) groups excluding carboxylic acids is 1. The number of halogens is 1. The largest absolute Gasteiger partial charge is 0.493 e. The smallest absolute Gasteiger partial charge is 0.253 e. The van der Waals surface area contributed by atoms with Crippen molar-refractivity contribution in [3.63, 3.8) is 0 Å². The fourth-order valence-corrected chi connectivity index (χ4v) is 4.45. The summed E-state index contributed by atoms with van der Waals surface area (Å²) in [5, 5.41) is 0. The first-order valence-electron chi connectivity index (χ1n) is 9.55. The maximum Gasteiger partial charge on any atom is 0.253 e. The zero-order valence-electron chi connectivity index (χ0n) is 16.5. The molecule has 0 atom stereocenters. The predicted molar refractivity (Wildman–Crippen MR) is 108 cm³/mol. The van der Waals surface area contributed by atoms with E-state index >= 15 is 0 Å². The summed E-state index contributed by atoms with van der Waals surface area (Å²) in [5.74, 6) is 0.503. The third kappa shape index (κ3) is 5.13. The van der Waals surface area contributed by atoms with E-state index in [-0.39, 0.29) is 23.9 Å². The molecule has 0 unspecified atom stereocenters. The van der Waals surface area contributed by atoms with E-state index in [2.05, 4.69) is 13.8 Å². The van der Waals surface area contributed by atoms with Gasteiger partial charge in [-0.1, -0.05) is 13.8 Å². The first kappa shape index (κ1) is 21.3. The van der Waals surface area contributed by atoms with Crippen LogP contribution in [-0.2, 0) is 10.0 Å². The van der Waals surface area contributed by atoms with Crippen LogP contribution >= 0.6 is 0 Å². The van der Waals surface area contributed by atoms with Crippen LogP contribution in [0.5, 0.6) is 5.75 Å². The van der Waals surface area contributed by atoms with Crippen molar-refractivity contribution < 1.29 is 22.3 Å². The minimum Gasteiger partial charge on any atom is -0.493 e. The Kier molecular flexibility index (Phi) is 6.54. The Balaban J connectivity index is 1.60. The number of nitrogens with zero attached hydrogens (tertiary/aromatic N) is 2. The topological polar surface area (TPSA) is 66.9 Å². The molecule has 0 N–H and O–H groups in total. The fourth-order valence-electron chi connectivity index (χ4n) is 3.03. The number of amides is 1. The van der Waals surface area contributed by atoms with Gasteiger partial charge in [0.2, 0.25) is 10.0 Å². The van der Waals surface area contributed by atoms with Gasteiger partial charge in [0.15, 0.2) is 0 Å². The van der Waals surface area contributed by atoms with E-state index in [0.717, 1.165) is 12.1 Å². The van der Waals surface area contributed by atoms with Crippen LogP contribution in [0.15, 0.2) is 53.4 Å². The lowest BCUT2D eigenvalue weighted by Crippen LogP contribution is -2.50. The Morgan fingerprint density at radius 3 is 2.14 bits per heavy atom. The number of carbonyl (C=O) groups is 1. The fraction of sp³-hybridized carbons (Fsp3) is 0.381. The van der Waals surface area contributed by atoms with Crippen molar-refractivity contribution in [2.24, 2.45) is 5.92 Å². The summed E-state index contributed by atoms with van der Waals surface area (Å²) in [6.07, 6.45) is 0. The van der Waals surface area contributed by atoms with Gasteiger partial charge >= 0.3 is 0 Å². The molecular weight excluding hydrogens is 395 g/mol. The Labute approximate surface area is 170 Å². The molecular formula is C21H25FN2O4S. The molecule has 1 heterocycles.